The molecule has 2 aromatic carbocycles. The first kappa shape index (κ1) is 17.0. The standard InChI is InChI=1S/C18H17N3O3/c1-20(2)16-11-5-3-8-14(16)9-7-13-19-18(22)15-10-4-6-12-17(15)21(23)24/h3-6,8,10-12H,13H2,1-2H3,(H,19,22). The van der Waals surface area contributed by atoms with E-state index in [4.69, 9.17) is 0 Å². The second-order valence-electron chi connectivity index (χ2n) is 5.17. The van der Waals surface area contributed by atoms with E-state index in [9.17, 15) is 14.9 Å². The second kappa shape index (κ2) is 7.79. The van der Waals surface area contributed by atoms with E-state index >= 15 is 0 Å². The highest BCUT2D eigenvalue weighted by atomic mass is 16.6. The number of nitrogens with zero attached hydrogens (tertiary/aromatic N) is 2. The lowest BCUT2D eigenvalue weighted by Gasteiger charge is -2.13. The molecule has 6 heteroatoms. The summed E-state index contributed by atoms with van der Waals surface area (Å²) in [5.74, 6) is 5.35. The number of hydrogen-bond acceptors (Lipinski definition) is 4. The largest absolute Gasteiger partial charge is 0.377 e. The maximum absolute atomic E-state index is 12.1. The van der Waals surface area contributed by atoms with Crippen molar-refractivity contribution in [1.29, 1.82) is 0 Å². The van der Waals surface area contributed by atoms with Crippen LogP contribution in [0, 0.1) is 22.0 Å². The van der Waals surface area contributed by atoms with Gasteiger partial charge in [-0.15, -0.1) is 0 Å². The summed E-state index contributed by atoms with van der Waals surface area (Å²) in [5.41, 5.74) is 1.64. The summed E-state index contributed by atoms with van der Waals surface area (Å²) in [4.78, 5) is 24.4. The van der Waals surface area contributed by atoms with Gasteiger partial charge in [0.2, 0.25) is 0 Å². The van der Waals surface area contributed by atoms with Crippen LogP contribution in [0.1, 0.15) is 15.9 Å². The highest BCUT2D eigenvalue weighted by Crippen LogP contribution is 2.17. The second-order valence-corrected chi connectivity index (χ2v) is 5.17. The van der Waals surface area contributed by atoms with Gasteiger partial charge in [-0.25, -0.2) is 0 Å². The number of para-hydroxylation sites is 2. The van der Waals surface area contributed by atoms with Crippen LogP contribution in [0.15, 0.2) is 48.5 Å². The van der Waals surface area contributed by atoms with Gasteiger partial charge in [-0.2, -0.15) is 0 Å². The fraction of sp³-hybridized carbons (Fsp3) is 0.167. The molecule has 0 bridgehead atoms. The van der Waals surface area contributed by atoms with Gasteiger partial charge in [-0.1, -0.05) is 36.1 Å². The van der Waals surface area contributed by atoms with Crippen molar-refractivity contribution in [3.63, 3.8) is 0 Å². The molecule has 0 unspecified atom stereocenters. The summed E-state index contributed by atoms with van der Waals surface area (Å²) in [6.45, 7) is 0.104. The van der Waals surface area contributed by atoms with Crippen LogP contribution in [0.3, 0.4) is 0 Å². The SMILES string of the molecule is CN(C)c1ccccc1C#CCNC(=O)c1ccccc1[N+](=O)[O-]. The van der Waals surface area contributed by atoms with Crippen molar-refractivity contribution in [1.82, 2.24) is 5.32 Å². The lowest BCUT2D eigenvalue weighted by atomic mass is 10.1. The number of nitro groups is 1. The number of rotatable bonds is 4. The monoisotopic (exact) mass is 323 g/mol. The van der Waals surface area contributed by atoms with Crippen molar-refractivity contribution >= 4 is 17.3 Å². The summed E-state index contributed by atoms with van der Waals surface area (Å²) in [7, 11) is 3.85. The highest BCUT2D eigenvalue weighted by Gasteiger charge is 2.18. The van der Waals surface area contributed by atoms with Gasteiger partial charge in [0, 0.05) is 25.7 Å². The van der Waals surface area contributed by atoms with Crippen molar-refractivity contribution in [2.75, 3.05) is 25.5 Å². The first-order valence-electron chi connectivity index (χ1n) is 7.27. The fourth-order valence-electron chi connectivity index (χ4n) is 2.15. The number of amides is 1. The van der Waals surface area contributed by atoms with Crippen LogP contribution >= 0.6 is 0 Å². The van der Waals surface area contributed by atoms with Gasteiger partial charge in [0.15, 0.2) is 0 Å². The van der Waals surface area contributed by atoms with Crippen LogP contribution in [0.2, 0.25) is 0 Å². The summed E-state index contributed by atoms with van der Waals surface area (Å²) >= 11 is 0. The lowest BCUT2D eigenvalue weighted by molar-refractivity contribution is -0.385. The molecular formula is C18H17N3O3. The first-order chi connectivity index (χ1) is 11.5. The molecule has 2 aromatic rings. The van der Waals surface area contributed by atoms with Gasteiger partial charge in [-0.05, 0) is 18.2 Å². The van der Waals surface area contributed by atoms with Gasteiger partial charge in [0.05, 0.1) is 17.2 Å². The number of benzene rings is 2. The number of anilines is 1. The van der Waals surface area contributed by atoms with Gasteiger partial charge in [-0.3, -0.25) is 14.9 Å². The van der Waals surface area contributed by atoms with Gasteiger partial charge >= 0.3 is 0 Å². The van der Waals surface area contributed by atoms with E-state index in [1.807, 2.05) is 43.3 Å². The van der Waals surface area contributed by atoms with Crippen LogP contribution < -0.4 is 10.2 Å². The third kappa shape index (κ3) is 4.11. The molecule has 0 aliphatic carbocycles. The lowest BCUT2D eigenvalue weighted by Crippen LogP contribution is -2.24. The molecule has 2 rings (SSSR count). The number of carbonyl (C=O) groups is 1. The van der Waals surface area contributed by atoms with E-state index in [0.717, 1.165) is 11.3 Å². The minimum atomic E-state index is -0.575. The van der Waals surface area contributed by atoms with E-state index < -0.39 is 10.8 Å². The molecule has 0 spiro atoms. The molecule has 0 heterocycles. The van der Waals surface area contributed by atoms with Crippen LogP contribution in [0.4, 0.5) is 11.4 Å². The molecule has 0 atom stereocenters. The fourth-order valence-corrected chi connectivity index (χ4v) is 2.15. The normalized spacial score (nSPS) is 9.58. The summed E-state index contributed by atoms with van der Waals surface area (Å²) < 4.78 is 0. The maximum Gasteiger partial charge on any atom is 0.282 e. The Hall–Kier alpha value is -3.33. The van der Waals surface area contributed by atoms with Crippen molar-refractivity contribution in [2.45, 2.75) is 0 Å². The molecule has 24 heavy (non-hydrogen) atoms. The smallest absolute Gasteiger partial charge is 0.282 e. The predicted molar refractivity (Wildman–Crippen MR) is 93.1 cm³/mol. The Balaban J connectivity index is 2.06. The molecule has 1 N–H and O–H groups in total. The van der Waals surface area contributed by atoms with E-state index in [2.05, 4.69) is 17.2 Å². The Kier molecular flexibility index (Phi) is 5.53. The van der Waals surface area contributed by atoms with Crippen molar-refractivity contribution in [3.05, 3.63) is 69.8 Å². The number of nitro benzene ring substituents is 1. The zero-order valence-electron chi connectivity index (χ0n) is 13.4. The molecule has 0 saturated heterocycles. The minimum absolute atomic E-state index is 0.0259. The van der Waals surface area contributed by atoms with Gasteiger partial charge < -0.3 is 10.2 Å². The molecular weight excluding hydrogens is 306 g/mol. The maximum atomic E-state index is 12.1. The third-order valence-corrected chi connectivity index (χ3v) is 3.29. The van der Waals surface area contributed by atoms with E-state index in [0.29, 0.717) is 0 Å². The number of nitrogens with one attached hydrogen (secondary N) is 1. The van der Waals surface area contributed by atoms with Gasteiger partial charge in [0.1, 0.15) is 5.56 Å². The molecule has 0 aliphatic heterocycles. The molecule has 0 fully saturated rings. The predicted octanol–water partition coefficient (Wildman–Crippen LogP) is 2.44. The van der Waals surface area contributed by atoms with E-state index in [-0.39, 0.29) is 17.8 Å². The van der Waals surface area contributed by atoms with Crippen LogP contribution in [-0.4, -0.2) is 31.5 Å². The molecule has 122 valence electrons. The van der Waals surface area contributed by atoms with Crippen molar-refractivity contribution in [2.24, 2.45) is 0 Å². The zero-order valence-corrected chi connectivity index (χ0v) is 13.4. The zero-order chi connectivity index (χ0) is 17.5. The number of carbonyl (C=O) groups excluding carboxylic acids is 1. The number of hydrogen-bond donors (Lipinski definition) is 1. The molecule has 0 aliphatic rings. The average molecular weight is 323 g/mol. The summed E-state index contributed by atoms with van der Waals surface area (Å²) in [6, 6.07) is 13.5. The quantitative estimate of drug-likeness (QED) is 0.533. The van der Waals surface area contributed by atoms with Gasteiger partial charge in [0.25, 0.3) is 11.6 Å². The highest BCUT2D eigenvalue weighted by molar-refractivity contribution is 5.98. The first-order valence-corrected chi connectivity index (χ1v) is 7.27. The summed E-state index contributed by atoms with van der Waals surface area (Å²) in [5, 5.41) is 13.5. The van der Waals surface area contributed by atoms with Crippen LogP contribution in [-0.2, 0) is 0 Å². The molecule has 6 nitrogen and oxygen atoms in total. The van der Waals surface area contributed by atoms with Crippen LogP contribution in [0.5, 0.6) is 0 Å². The Bertz CT molecular complexity index is 819. The van der Waals surface area contributed by atoms with E-state index in [1.54, 1.807) is 6.07 Å². The van der Waals surface area contributed by atoms with E-state index in [1.165, 1.54) is 18.2 Å². The average Bonchev–Trinajstić information content (AvgIpc) is 2.58. The Morgan fingerprint density at radius 1 is 1.17 bits per heavy atom. The minimum Gasteiger partial charge on any atom is -0.377 e. The summed E-state index contributed by atoms with van der Waals surface area (Å²) in [6.07, 6.45) is 0. The molecule has 0 radical (unpaired) electrons. The van der Waals surface area contributed by atoms with Crippen molar-refractivity contribution < 1.29 is 9.72 Å². The Morgan fingerprint density at radius 3 is 2.54 bits per heavy atom. The van der Waals surface area contributed by atoms with Crippen molar-refractivity contribution in [3.8, 4) is 11.8 Å². The molecule has 1 amide bonds. The Morgan fingerprint density at radius 2 is 1.83 bits per heavy atom. The third-order valence-electron chi connectivity index (χ3n) is 3.29. The molecule has 0 aromatic heterocycles. The molecule has 0 saturated carbocycles. The Labute approximate surface area is 140 Å². The topological polar surface area (TPSA) is 75.5 Å². The van der Waals surface area contributed by atoms with Crippen LogP contribution in [0.25, 0.3) is 0 Å².